The molecule has 0 radical (unpaired) electrons. The minimum Gasteiger partial charge on any atom is -0.465 e. The molecule has 4 aliphatic heterocycles. The van der Waals surface area contributed by atoms with Gasteiger partial charge in [-0.1, -0.05) is 65.8 Å². The molecule has 4 aliphatic rings. The summed E-state index contributed by atoms with van der Waals surface area (Å²) in [5.41, 5.74) is -2.97. The molecule has 39 heavy (non-hydrogen) atoms. The van der Waals surface area contributed by atoms with Gasteiger partial charge in [0.1, 0.15) is 23.2 Å². The third kappa shape index (κ3) is 4.86. The molecular weight excluding hydrogens is 496 g/mol. The van der Waals surface area contributed by atoms with E-state index in [0.717, 1.165) is 12.8 Å². The van der Waals surface area contributed by atoms with Crippen LogP contribution in [0.25, 0.3) is 0 Å². The van der Waals surface area contributed by atoms with E-state index in [1.807, 2.05) is 50.0 Å². The van der Waals surface area contributed by atoms with Crippen LogP contribution in [-0.2, 0) is 23.9 Å². The fourth-order valence-electron chi connectivity index (χ4n) is 7.73. The zero-order valence-electron chi connectivity index (χ0n) is 25.0. The van der Waals surface area contributed by atoms with Crippen molar-refractivity contribution >= 4 is 17.8 Å². The summed E-state index contributed by atoms with van der Waals surface area (Å²) in [5.74, 6) is -2.94. The van der Waals surface area contributed by atoms with E-state index in [0.29, 0.717) is 19.4 Å². The third-order valence-electron chi connectivity index (χ3n) is 9.08. The first-order valence-corrected chi connectivity index (χ1v) is 14.6. The molecule has 6 atom stereocenters. The summed E-state index contributed by atoms with van der Waals surface area (Å²) in [6, 6.07) is -1.61. The largest absolute Gasteiger partial charge is 0.465 e. The lowest BCUT2D eigenvalue weighted by Gasteiger charge is -2.46. The van der Waals surface area contributed by atoms with Crippen LogP contribution in [-0.4, -0.2) is 81.3 Å². The fourth-order valence-corrected chi connectivity index (χ4v) is 7.73. The van der Waals surface area contributed by atoms with E-state index in [9.17, 15) is 19.5 Å². The highest BCUT2D eigenvalue weighted by atomic mass is 16.6. The highest BCUT2D eigenvalue weighted by Gasteiger charge is 2.76. The van der Waals surface area contributed by atoms with Gasteiger partial charge in [0.15, 0.2) is 0 Å². The van der Waals surface area contributed by atoms with Crippen LogP contribution in [0.15, 0.2) is 24.3 Å². The molecule has 1 unspecified atom stereocenters. The first-order chi connectivity index (χ1) is 18.2. The maximum absolute atomic E-state index is 14.8. The normalized spacial score (nSPS) is 35.0. The number of aliphatic hydroxyl groups is 1. The number of hydrogen-bond acceptors (Lipinski definition) is 6. The first kappa shape index (κ1) is 29.8. The second-order valence-electron chi connectivity index (χ2n) is 14.0. The minimum absolute atomic E-state index is 0.0363. The maximum atomic E-state index is 14.8. The molecule has 4 heterocycles. The predicted molar refractivity (Wildman–Crippen MR) is 149 cm³/mol. The molecule has 0 saturated carbocycles. The van der Waals surface area contributed by atoms with Gasteiger partial charge in [-0.25, -0.2) is 0 Å². The van der Waals surface area contributed by atoms with Crippen molar-refractivity contribution in [1.29, 1.82) is 0 Å². The summed E-state index contributed by atoms with van der Waals surface area (Å²) >= 11 is 0. The molecule has 4 rings (SSSR count). The molecule has 1 spiro atoms. The molecule has 8 heteroatoms. The smallest absolute Gasteiger partial charge is 0.313 e. The number of carbonyl (C=O) groups excluding carboxylic acids is 3. The summed E-state index contributed by atoms with van der Waals surface area (Å²) < 4.78 is 12.7. The zero-order valence-corrected chi connectivity index (χ0v) is 25.0. The van der Waals surface area contributed by atoms with Gasteiger partial charge in [0, 0.05) is 12.1 Å². The van der Waals surface area contributed by atoms with Crippen molar-refractivity contribution in [2.45, 2.75) is 110 Å². The van der Waals surface area contributed by atoms with Crippen LogP contribution < -0.4 is 0 Å². The molecule has 2 saturated heterocycles. The van der Waals surface area contributed by atoms with Gasteiger partial charge >= 0.3 is 5.97 Å². The van der Waals surface area contributed by atoms with E-state index < -0.39 is 46.6 Å². The second-order valence-corrected chi connectivity index (χ2v) is 14.0. The number of likely N-dealkylation sites (tertiary alicyclic amines) is 1. The summed E-state index contributed by atoms with van der Waals surface area (Å²) in [7, 11) is 0. The van der Waals surface area contributed by atoms with E-state index in [1.54, 1.807) is 4.90 Å². The quantitative estimate of drug-likeness (QED) is 0.403. The first-order valence-electron chi connectivity index (χ1n) is 14.6. The molecule has 0 bridgehead atoms. The Balaban J connectivity index is 1.93. The molecule has 0 aromatic heterocycles. The number of aliphatic hydroxyl groups excluding tert-OH is 1. The number of nitrogens with zero attached hydrogens (tertiary/aromatic N) is 2. The van der Waals surface area contributed by atoms with Crippen LogP contribution >= 0.6 is 0 Å². The Morgan fingerprint density at radius 3 is 2.33 bits per heavy atom. The number of amides is 2. The van der Waals surface area contributed by atoms with Gasteiger partial charge in [0.25, 0.3) is 0 Å². The molecule has 1 N–H and O–H groups in total. The number of ether oxygens (including phenoxy) is 2. The number of allylic oxidation sites excluding steroid dienone is 1. The van der Waals surface area contributed by atoms with Crippen LogP contribution in [0.5, 0.6) is 0 Å². The summed E-state index contributed by atoms with van der Waals surface area (Å²) in [6.07, 6.45) is 10.4. The average molecular weight is 545 g/mol. The van der Waals surface area contributed by atoms with E-state index in [1.165, 1.54) is 0 Å². The summed E-state index contributed by atoms with van der Waals surface area (Å²) in [6.45, 7) is 16.7. The van der Waals surface area contributed by atoms with Crippen molar-refractivity contribution in [1.82, 2.24) is 9.80 Å². The van der Waals surface area contributed by atoms with Crippen LogP contribution in [0.4, 0.5) is 0 Å². The standard InChI is InChI=1S/C31H48N2O6/c1-9-30-14-11-10-12-17-38-27(37)23(30)22-25(35)33(21(18-34)20(2)3)24-26(36)32(16-13-15-31(22,24)39-30)29(7,8)19-28(4,5)6/h11,13-15,20-24,34H,9-10,12,16-19H2,1-8H3/b14-11-/t21-,22-,23-,24?,30+,31-/m0/s1. The molecule has 0 aliphatic carbocycles. The van der Waals surface area contributed by atoms with Gasteiger partial charge in [-0.2, -0.15) is 0 Å². The van der Waals surface area contributed by atoms with Gasteiger partial charge in [-0.3, -0.25) is 14.4 Å². The summed E-state index contributed by atoms with van der Waals surface area (Å²) in [5, 5.41) is 10.5. The van der Waals surface area contributed by atoms with Gasteiger partial charge in [-0.05, 0) is 50.9 Å². The Kier molecular flexibility index (Phi) is 7.89. The van der Waals surface area contributed by atoms with Crippen LogP contribution in [0.3, 0.4) is 0 Å². The lowest BCUT2D eigenvalue weighted by atomic mass is 9.73. The van der Waals surface area contributed by atoms with Crippen molar-refractivity contribution in [2.75, 3.05) is 19.8 Å². The molecule has 0 aromatic carbocycles. The number of carbonyl (C=O) groups is 3. The number of fused-ring (bicyclic) bond motifs is 2. The SMILES string of the molecule is CC[C@@]12/C=C\CCCOC(=O)[C@@H]1[C@H]1C(=O)N([C@@H](CO)C(C)C)C3C(=O)N(C(C)(C)CC(C)(C)C)CC=C[C@@]31O2. The monoisotopic (exact) mass is 544 g/mol. The maximum Gasteiger partial charge on any atom is 0.313 e. The molecule has 218 valence electrons. The molecule has 8 nitrogen and oxygen atoms in total. The lowest BCUT2D eigenvalue weighted by Crippen LogP contribution is -2.62. The fraction of sp³-hybridized carbons (Fsp3) is 0.774. The Morgan fingerprint density at radius 2 is 1.74 bits per heavy atom. The molecule has 0 aromatic rings. The van der Waals surface area contributed by atoms with Gasteiger partial charge < -0.3 is 24.4 Å². The predicted octanol–water partition coefficient (Wildman–Crippen LogP) is 3.87. The van der Waals surface area contributed by atoms with Crippen molar-refractivity contribution in [2.24, 2.45) is 23.2 Å². The minimum atomic E-state index is -1.35. The number of cyclic esters (lactones) is 1. The number of rotatable bonds is 6. The van der Waals surface area contributed by atoms with Crippen LogP contribution in [0.2, 0.25) is 0 Å². The van der Waals surface area contributed by atoms with E-state index >= 15 is 0 Å². The highest BCUT2D eigenvalue weighted by molar-refractivity contribution is 5.99. The molecular formula is C31H48N2O6. The second kappa shape index (κ2) is 10.3. The van der Waals surface area contributed by atoms with Gasteiger partial charge in [-0.15, -0.1) is 0 Å². The molecule has 2 fully saturated rings. The van der Waals surface area contributed by atoms with Crippen molar-refractivity contribution in [3.63, 3.8) is 0 Å². The van der Waals surface area contributed by atoms with Crippen molar-refractivity contribution in [3.8, 4) is 0 Å². The number of hydrogen-bond donors (Lipinski definition) is 1. The van der Waals surface area contributed by atoms with Crippen molar-refractivity contribution < 1.29 is 29.0 Å². The van der Waals surface area contributed by atoms with E-state index in [2.05, 4.69) is 34.6 Å². The van der Waals surface area contributed by atoms with Crippen LogP contribution in [0.1, 0.15) is 81.1 Å². The Morgan fingerprint density at radius 1 is 1.05 bits per heavy atom. The average Bonchev–Trinajstić information content (AvgIpc) is 3.19. The zero-order chi connectivity index (χ0) is 29.0. The Hall–Kier alpha value is -2.19. The Labute approximate surface area is 233 Å². The van der Waals surface area contributed by atoms with Gasteiger partial charge in [0.05, 0.1) is 25.2 Å². The van der Waals surface area contributed by atoms with E-state index in [4.69, 9.17) is 9.47 Å². The summed E-state index contributed by atoms with van der Waals surface area (Å²) in [4.78, 5) is 46.4. The topological polar surface area (TPSA) is 96.4 Å². The highest BCUT2D eigenvalue weighted by Crippen LogP contribution is 2.59. The lowest BCUT2D eigenvalue weighted by molar-refractivity contribution is -0.165. The van der Waals surface area contributed by atoms with Gasteiger partial charge in [0.2, 0.25) is 11.8 Å². The Bertz CT molecular complexity index is 1040. The van der Waals surface area contributed by atoms with Crippen molar-refractivity contribution in [3.05, 3.63) is 24.3 Å². The number of esters is 1. The van der Waals surface area contributed by atoms with E-state index in [-0.39, 0.29) is 36.4 Å². The van der Waals surface area contributed by atoms with Crippen LogP contribution in [0, 0.1) is 23.2 Å². The third-order valence-corrected chi connectivity index (χ3v) is 9.08. The molecule has 2 amide bonds.